The Morgan fingerprint density at radius 2 is 1.80 bits per heavy atom. The van der Waals surface area contributed by atoms with Gasteiger partial charge in [0, 0.05) is 29.5 Å². The van der Waals surface area contributed by atoms with E-state index in [0.717, 1.165) is 17.7 Å². The second-order valence-electron chi connectivity index (χ2n) is 9.69. The van der Waals surface area contributed by atoms with Gasteiger partial charge in [0.1, 0.15) is 5.69 Å². The molecule has 3 heterocycles. The topological polar surface area (TPSA) is 127 Å². The molecule has 3 aromatic carbocycles. The van der Waals surface area contributed by atoms with Crippen molar-refractivity contribution in [2.24, 2.45) is 0 Å². The van der Waals surface area contributed by atoms with E-state index in [4.69, 9.17) is 14.6 Å². The fraction of sp³-hybridized carbons (Fsp3) is 0.125. The maximum Gasteiger partial charge on any atom is 0.291 e. The standard InChI is InChI=1S/C32H26N6O5S/c1-3-17-43-26-15-9-21(18-27(26)42-2)10-16-29-33-32-37(34-29)31(39)28(44-32)19-23-20-36(24-7-5-4-6-8-24)35-30(23)22-11-13-25(14-12-22)38(40)41/h4-16,18-20H,3,17H2,1-2H3/b16-10+,28-19-. The van der Waals surface area contributed by atoms with Crippen LogP contribution >= 0.6 is 11.3 Å². The number of hydrogen-bond acceptors (Lipinski definition) is 9. The maximum atomic E-state index is 13.4. The second-order valence-corrected chi connectivity index (χ2v) is 10.7. The summed E-state index contributed by atoms with van der Waals surface area (Å²) in [5.41, 5.74) is 3.30. The van der Waals surface area contributed by atoms with Crippen molar-refractivity contribution in [3.05, 3.63) is 121 Å². The van der Waals surface area contributed by atoms with E-state index >= 15 is 0 Å². The Morgan fingerprint density at radius 3 is 2.50 bits per heavy atom. The van der Waals surface area contributed by atoms with Gasteiger partial charge >= 0.3 is 0 Å². The summed E-state index contributed by atoms with van der Waals surface area (Å²) in [7, 11) is 1.60. The lowest BCUT2D eigenvalue weighted by Gasteiger charge is -2.10. The normalized spacial score (nSPS) is 11.9. The van der Waals surface area contributed by atoms with E-state index in [9.17, 15) is 14.9 Å². The molecule has 0 atom stereocenters. The number of nitro groups is 1. The third kappa shape index (κ3) is 5.83. The van der Waals surface area contributed by atoms with Crippen LogP contribution in [-0.4, -0.2) is 43.0 Å². The number of aromatic nitrogens is 5. The Balaban J connectivity index is 1.33. The molecule has 0 fully saturated rings. The van der Waals surface area contributed by atoms with Crippen LogP contribution < -0.4 is 19.6 Å². The first-order valence-corrected chi connectivity index (χ1v) is 14.6. The molecule has 0 spiro atoms. The van der Waals surface area contributed by atoms with Gasteiger partial charge in [0.25, 0.3) is 11.2 Å². The fourth-order valence-electron chi connectivity index (χ4n) is 4.52. The lowest BCUT2D eigenvalue weighted by atomic mass is 10.1. The molecular weight excluding hydrogens is 580 g/mol. The predicted octanol–water partition coefficient (Wildman–Crippen LogP) is 5.43. The Hall–Kier alpha value is -5.62. The fourth-order valence-corrected chi connectivity index (χ4v) is 5.43. The van der Waals surface area contributed by atoms with E-state index in [1.54, 1.807) is 36.1 Å². The highest BCUT2D eigenvalue weighted by atomic mass is 32.1. The number of non-ortho nitro benzene ring substituents is 1. The van der Waals surface area contributed by atoms with E-state index in [-0.39, 0.29) is 11.2 Å². The van der Waals surface area contributed by atoms with Crippen LogP contribution in [0.5, 0.6) is 11.5 Å². The van der Waals surface area contributed by atoms with Gasteiger partial charge in [0.2, 0.25) is 4.96 Å². The van der Waals surface area contributed by atoms with Crippen molar-refractivity contribution in [2.75, 3.05) is 13.7 Å². The van der Waals surface area contributed by atoms with Crippen LogP contribution in [0.2, 0.25) is 0 Å². The summed E-state index contributed by atoms with van der Waals surface area (Å²) < 4.78 is 14.6. The summed E-state index contributed by atoms with van der Waals surface area (Å²) in [6.45, 7) is 2.64. The molecule has 0 aliphatic heterocycles. The minimum Gasteiger partial charge on any atom is -0.493 e. The average Bonchev–Trinajstić information content (AvgIpc) is 3.74. The Morgan fingerprint density at radius 1 is 1.00 bits per heavy atom. The number of methoxy groups -OCH3 is 1. The number of hydrogen-bond donors (Lipinski definition) is 0. The molecule has 6 aromatic rings. The third-order valence-electron chi connectivity index (χ3n) is 6.67. The smallest absolute Gasteiger partial charge is 0.291 e. The van der Waals surface area contributed by atoms with Crippen LogP contribution in [0, 0.1) is 10.1 Å². The van der Waals surface area contributed by atoms with Crippen LogP contribution in [0.4, 0.5) is 5.69 Å². The van der Waals surface area contributed by atoms with Gasteiger partial charge in [-0.15, -0.1) is 5.10 Å². The summed E-state index contributed by atoms with van der Waals surface area (Å²) in [6, 6.07) is 21.3. The summed E-state index contributed by atoms with van der Waals surface area (Å²) >= 11 is 1.22. The molecule has 3 aromatic heterocycles. The van der Waals surface area contributed by atoms with Crippen molar-refractivity contribution in [1.82, 2.24) is 24.4 Å². The van der Waals surface area contributed by atoms with Gasteiger partial charge in [-0.05, 0) is 60.5 Å². The molecule has 12 heteroatoms. The Labute approximate surface area is 255 Å². The number of ether oxygens (including phenoxy) is 2. The van der Waals surface area contributed by atoms with Crippen LogP contribution in [0.3, 0.4) is 0 Å². The lowest BCUT2D eigenvalue weighted by Crippen LogP contribution is -2.23. The van der Waals surface area contributed by atoms with E-state index in [1.807, 2.05) is 67.7 Å². The SMILES string of the molecule is CCCOc1ccc(/C=C/c2nc3s/c(=C\c4cn(-c5ccccc5)nc4-c4ccc([N+](=O)[O-])cc4)c(=O)n3n2)cc1OC. The molecule has 0 aliphatic rings. The number of nitrogens with zero attached hydrogens (tertiary/aromatic N) is 6. The number of benzene rings is 3. The average molecular weight is 607 g/mol. The van der Waals surface area contributed by atoms with Crippen LogP contribution in [0.1, 0.15) is 30.3 Å². The van der Waals surface area contributed by atoms with Gasteiger partial charge in [-0.25, -0.2) is 4.68 Å². The number of rotatable bonds is 10. The first-order chi connectivity index (χ1) is 21.4. The molecule has 0 saturated carbocycles. The van der Waals surface area contributed by atoms with Gasteiger partial charge in [-0.2, -0.15) is 14.6 Å². The summed E-state index contributed by atoms with van der Waals surface area (Å²) in [6.07, 6.45) is 8.05. The largest absolute Gasteiger partial charge is 0.493 e. The van der Waals surface area contributed by atoms with Gasteiger partial charge in [0.05, 0.1) is 28.9 Å². The molecule has 0 bridgehead atoms. The minimum atomic E-state index is -0.447. The van der Waals surface area contributed by atoms with E-state index in [0.29, 0.717) is 50.2 Å². The van der Waals surface area contributed by atoms with Crippen molar-refractivity contribution in [3.8, 4) is 28.4 Å². The minimum absolute atomic E-state index is 0.0174. The van der Waals surface area contributed by atoms with Crippen LogP contribution in [0.15, 0.2) is 83.8 Å². The quantitative estimate of drug-likeness (QED) is 0.149. The molecule has 0 N–H and O–H groups in total. The summed E-state index contributed by atoms with van der Waals surface area (Å²) in [5, 5.41) is 20.3. The van der Waals surface area contributed by atoms with Crippen molar-refractivity contribution >= 4 is 40.2 Å². The zero-order chi connectivity index (χ0) is 30.6. The highest BCUT2D eigenvalue weighted by molar-refractivity contribution is 7.15. The van der Waals surface area contributed by atoms with Crippen molar-refractivity contribution < 1.29 is 14.4 Å². The zero-order valence-corrected chi connectivity index (χ0v) is 24.6. The highest BCUT2D eigenvalue weighted by Crippen LogP contribution is 2.29. The highest BCUT2D eigenvalue weighted by Gasteiger charge is 2.15. The van der Waals surface area contributed by atoms with E-state index in [1.165, 1.54) is 28.0 Å². The predicted molar refractivity (Wildman–Crippen MR) is 169 cm³/mol. The zero-order valence-electron chi connectivity index (χ0n) is 23.8. The molecule has 0 unspecified atom stereocenters. The lowest BCUT2D eigenvalue weighted by molar-refractivity contribution is -0.384. The molecule has 0 saturated heterocycles. The van der Waals surface area contributed by atoms with Gasteiger partial charge in [-0.3, -0.25) is 14.9 Å². The van der Waals surface area contributed by atoms with Crippen molar-refractivity contribution in [1.29, 1.82) is 0 Å². The molecule has 6 rings (SSSR count). The van der Waals surface area contributed by atoms with E-state index in [2.05, 4.69) is 10.1 Å². The van der Waals surface area contributed by atoms with Crippen molar-refractivity contribution in [3.63, 3.8) is 0 Å². The Bertz CT molecular complexity index is 2100. The first kappa shape index (κ1) is 28.5. The van der Waals surface area contributed by atoms with Gasteiger partial charge in [-0.1, -0.05) is 48.6 Å². The maximum absolute atomic E-state index is 13.4. The van der Waals surface area contributed by atoms with Gasteiger partial charge in [0.15, 0.2) is 17.3 Å². The molecule has 0 amide bonds. The monoisotopic (exact) mass is 606 g/mol. The molecule has 0 radical (unpaired) electrons. The number of nitro benzene ring substituents is 1. The van der Waals surface area contributed by atoms with Crippen LogP contribution in [0.25, 0.3) is 40.1 Å². The first-order valence-electron chi connectivity index (χ1n) is 13.7. The molecule has 44 heavy (non-hydrogen) atoms. The number of thiazole rings is 1. The third-order valence-corrected chi connectivity index (χ3v) is 7.63. The Kier molecular flexibility index (Phi) is 7.98. The second kappa shape index (κ2) is 12.3. The van der Waals surface area contributed by atoms with E-state index < -0.39 is 4.92 Å². The number of fused-ring (bicyclic) bond motifs is 1. The number of para-hydroxylation sites is 1. The molecule has 11 nitrogen and oxygen atoms in total. The van der Waals surface area contributed by atoms with Crippen molar-refractivity contribution in [2.45, 2.75) is 13.3 Å². The summed E-state index contributed by atoms with van der Waals surface area (Å²) in [5.74, 6) is 1.71. The van der Waals surface area contributed by atoms with Crippen LogP contribution in [-0.2, 0) is 0 Å². The molecule has 220 valence electrons. The summed E-state index contributed by atoms with van der Waals surface area (Å²) in [4.78, 5) is 29.1. The van der Waals surface area contributed by atoms with Gasteiger partial charge < -0.3 is 9.47 Å². The molecule has 0 aliphatic carbocycles. The molecular formula is C32H26N6O5S.